The maximum absolute atomic E-state index is 12.6. The van der Waals surface area contributed by atoms with Crippen LogP contribution in [0.4, 0.5) is 0 Å². The molecule has 0 saturated heterocycles. The van der Waals surface area contributed by atoms with Gasteiger partial charge in [-0.25, -0.2) is 13.2 Å². The molecule has 3 rings (SSSR count). The monoisotopic (exact) mass is 410 g/mol. The van der Waals surface area contributed by atoms with Crippen molar-refractivity contribution in [3.63, 3.8) is 0 Å². The Labute approximate surface area is 170 Å². The van der Waals surface area contributed by atoms with E-state index in [-0.39, 0.29) is 22.8 Å². The third kappa shape index (κ3) is 4.91. The fourth-order valence-corrected chi connectivity index (χ4v) is 4.09. The predicted octanol–water partition coefficient (Wildman–Crippen LogP) is 3.92. The summed E-state index contributed by atoms with van der Waals surface area (Å²) in [5.74, 6) is -1.04. The van der Waals surface area contributed by atoms with Crippen LogP contribution in [0.25, 0.3) is 11.1 Å². The summed E-state index contributed by atoms with van der Waals surface area (Å²) < 4.78 is 30.5. The fraction of sp³-hybridized carbons (Fsp3) is 0.174. The zero-order chi connectivity index (χ0) is 20.9. The lowest BCUT2D eigenvalue weighted by atomic mass is 10.0. The summed E-state index contributed by atoms with van der Waals surface area (Å²) in [5, 5.41) is 10.5. The van der Waals surface area contributed by atoms with Crippen molar-refractivity contribution in [1.82, 2.24) is 0 Å². The highest BCUT2D eigenvalue weighted by molar-refractivity contribution is 7.91. The minimum atomic E-state index is -3.67. The van der Waals surface area contributed by atoms with Gasteiger partial charge in [-0.05, 0) is 22.8 Å². The van der Waals surface area contributed by atoms with Crippen LogP contribution in [0.5, 0.6) is 0 Å². The van der Waals surface area contributed by atoms with Crippen LogP contribution < -0.4 is 0 Å². The lowest BCUT2D eigenvalue weighted by molar-refractivity contribution is -0.155. The van der Waals surface area contributed by atoms with Gasteiger partial charge < -0.3 is 9.84 Å². The summed E-state index contributed by atoms with van der Waals surface area (Å²) in [5.41, 5.74) is 2.32. The van der Waals surface area contributed by atoms with Gasteiger partial charge in [-0.1, -0.05) is 79.7 Å². The number of aliphatic hydroxyl groups excluding tert-OH is 1. The Balaban J connectivity index is 1.91. The van der Waals surface area contributed by atoms with Crippen LogP contribution in [0.15, 0.2) is 83.8 Å². The summed E-state index contributed by atoms with van der Waals surface area (Å²) in [4.78, 5) is 12.3. The second-order valence-electron chi connectivity index (χ2n) is 6.52. The van der Waals surface area contributed by atoms with E-state index in [1.54, 1.807) is 18.2 Å². The highest BCUT2D eigenvalue weighted by Gasteiger charge is 2.27. The molecule has 6 heteroatoms. The molecule has 0 aromatic heterocycles. The topological polar surface area (TPSA) is 80.7 Å². The van der Waals surface area contributed by atoms with Crippen molar-refractivity contribution in [2.24, 2.45) is 0 Å². The maximum atomic E-state index is 12.6. The maximum Gasteiger partial charge on any atom is 0.340 e. The Kier molecular flexibility index (Phi) is 6.46. The number of carbonyl (C=O) groups excluding carboxylic acids is 1. The van der Waals surface area contributed by atoms with E-state index in [9.17, 15) is 18.3 Å². The van der Waals surface area contributed by atoms with Crippen molar-refractivity contribution >= 4 is 15.8 Å². The number of sulfone groups is 1. The minimum Gasteiger partial charge on any atom is -0.459 e. The van der Waals surface area contributed by atoms with Gasteiger partial charge in [-0.2, -0.15) is 0 Å². The summed E-state index contributed by atoms with van der Waals surface area (Å²) in [7, 11) is -3.67. The standard InChI is InChI=1S/C23H22O5S/c1-2-29(26,27)21-15-19(18-11-7-4-8-12-18)13-14-20(21)22(24)23(25)28-16-17-9-5-3-6-10-17/h3-15,22,24H,2,16H2,1H3. The van der Waals surface area contributed by atoms with Gasteiger partial charge in [-0.15, -0.1) is 0 Å². The summed E-state index contributed by atoms with van der Waals surface area (Å²) in [6.07, 6.45) is -1.69. The molecule has 0 radical (unpaired) electrons. The molecule has 0 aliphatic heterocycles. The van der Waals surface area contributed by atoms with Crippen LogP contribution in [0.3, 0.4) is 0 Å². The second-order valence-corrected chi connectivity index (χ2v) is 8.76. The van der Waals surface area contributed by atoms with Gasteiger partial charge in [0.25, 0.3) is 0 Å². The quantitative estimate of drug-likeness (QED) is 0.597. The lowest BCUT2D eigenvalue weighted by Gasteiger charge is -2.16. The average Bonchev–Trinajstić information content (AvgIpc) is 2.77. The molecule has 1 N–H and O–H groups in total. The normalized spacial score (nSPS) is 12.3. The number of esters is 1. The number of carbonyl (C=O) groups is 1. The number of hydrogen-bond acceptors (Lipinski definition) is 5. The molecule has 0 bridgehead atoms. The van der Waals surface area contributed by atoms with Crippen molar-refractivity contribution in [2.75, 3.05) is 5.75 Å². The molecule has 3 aromatic rings. The average molecular weight is 410 g/mol. The van der Waals surface area contributed by atoms with Crippen molar-refractivity contribution < 1.29 is 23.1 Å². The fourth-order valence-electron chi connectivity index (χ4n) is 2.93. The van der Waals surface area contributed by atoms with E-state index in [0.29, 0.717) is 5.56 Å². The Hall–Kier alpha value is -2.96. The molecule has 0 amide bonds. The van der Waals surface area contributed by atoms with Gasteiger partial charge in [-0.3, -0.25) is 0 Å². The van der Waals surface area contributed by atoms with Gasteiger partial charge in [0.05, 0.1) is 10.6 Å². The molecule has 1 atom stereocenters. The number of benzene rings is 3. The number of ether oxygens (including phenoxy) is 1. The summed E-state index contributed by atoms with van der Waals surface area (Å²) in [6, 6.07) is 23.0. The van der Waals surface area contributed by atoms with Crippen LogP contribution in [0, 0.1) is 0 Å². The van der Waals surface area contributed by atoms with Gasteiger partial charge in [0.15, 0.2) is 15.9 Å². The van der Waals surface area contributed by atoms with Crippen molar-refractivity contribution in [2.45, 2.75) is 24.5 Å². The molecule has 0 aliphatic carbocycles. The number of hydrogen-bond donors (Lipinski definition) is 1. The third-order valence-corrected chi connectivity index (χ3v) is 6.36. The highest BCUT2D eigenvalue weighted by atomic mass is 32.2. The van der Waals surface area contributed by atoms with Crippen LogP contribution in [-0.2, 0) is 26.0 Å². The molecule has 0 heterocycles. The molecule has 0 fully saturated rings. The zero-order valence-electron chi connectivity index (χ0n) is 16.0. The first-order chi connectivity index (χ1) is 13.9. The SMILES string of the molecule is CCS(=O)(=O)c1cc(-c2ccccc2)ccc1C(O)C(=O)OCc1ccccc1. The number of rotatable bonds is 7. The first-order valence-electron chi connectivity index (χ1n) is 9.23. The Morgan fingerprint density at radius 3 is 2.17 bits per heavy atom. The molecule has 29 heavy (non-hydrogen) atoms. The van der Waals surface area contributed by atoms with E-state index >= 15 is 0 Å². The zero-order valence-corrected chi connectivity index (χ0v) is 16.8. The first kappa shape index (κ1) is 20.8. The van der Waals surface area contributed by atoms with E-state index in [2.05, 4.69) is 0 Å². The summed E-state index contributed by atoms with van der Waals surface area (Å²) >= 11 is 0. The number of aliphatic hydroxyl groups is 1. The smallest absolute Gasteiger partial charge is 0.340 e. The Bertz CT molecular complexity index is 1080. The molecule has 0 saturated carbocycles. The minimum absolute atomic E-state index is 0.00526. The van der Waals surface area contributed by atoms with E-state index in [0.717, 1.165) is 11.1 Å². The van der Waals surface area contributed by atoms with Crippen LogP contribution in [0.1, 0.15) is 24.2 Å². The van der Waals surface area contributed by atoms with Crippen molar-refractivity contribution in [3.05, 3.63) is 90.0 Å². The Morgan fingerprint density at radius 2 is 1.55 bits per heavy atom. The second kappa shape index (κ2) is 9.03. The molecule has 1 unspecified atom stereocenters. The molecule has 5 nitrogen and oxygen atoms in total. The van der Waals surface area contributed by atoms with Gasteiger partial charge in [0, 0.05) is 5.56 Å². The molecule has 0 spiro atoms. The van der Waals surface area contributed by atoms with E-state index in [1.165, 1.54) is 19.1 Å². The summed E-state index contributed by atoms with van der Waals surface area (Å²) in [6.45, 7) is 1.52. The molecule has 150 valence electrons. The van der Waals surface area contributed by atoms with Gasteiger partial charge in [0.2, 0.25) is 0 Å². The lowest BCUT2D eigenvalue weighted by Crippen LogP contribution is -2.19. The molecular weight excluding hydrogens is 388 g/mol. The first-order valence-corrected chi connectivity index (χ1v) is 10.9. The Morgan fingerprint density at radius 1 is 0.931 bits per heavy atom. The van der Waals surface area contributed by atoms with E-state index in [4.69, 9.17) is 4.74 Å². The van der Waals surface area contributed by atoms with Crippen molar-refractivity contribution in [1.29, 1.82) is 0 Å². The molecule has 0 aliphatic rings. The van der Waals surface area contributed by atoms with Crippen molar-refractivity contribution in [3.8, 4) is 11.1 Å². The largest absolute Gasteiger partial charge is 0.459 e. The van der Waals surface area contributed by atoms with E-state index in [1.807, 2.05) is 48.5 Å². The van der Waals surface area contributed by atoms with Gasteiger partial charge in [0.1, 0.15) is 6.61 Å². The highest BCUT2D eigenvalue weighted by Crippen LogP contribution is 2.30. The molecule has 3 aromatic carbocycles. The van der Waals surface area contributed by atoms with Crippen LogP contribution in [-0.4, -0.2) is 25.2 Å². The van der Waals surface area contributed by atoms with Gasteiger partial charge >= 0.3 is 5.97 Å². The van der Waals surface area contributed by atoms with E-state index < -0.39 is 21.9 Å². The third-order valence-electron chi connectivity index (χ3n) is 4.58. The molecular formula is C23H22O5S. The van der Waals surface area contributed by atoms with Crippen LogP contribution in [0.2, 0.25) is 0 Å². The van der Waals surface area contributed by atoms with Crippen LogP contribution >= 0.6 is 0 Å². The predicted molar refractivity (Wildman–Crippen MR) is 111 cm³/mol.